The lowest BCUT2D eigenvalue weighted by Crippen LogP contribution is -2.37. The molecule has 2 aromatic heterocycles. The Kier molecular flexibility index (Phi) is 8.40. The molecule has 1 amide bonds. The minimum atomic E-state index is -0.965. The van der Waals surface area contributed by atoms with Crippen LogP contribution in [0.2, 0.25) is 0 Å². The van der Waals surface area contributed by atoms with E-state index in [1.165, 1.54) is 6.33 Å². The second kappa shape index (κ2) is 13.2. The summed E-state index contributed by atoms with van der Waals surface area (Å²) in [5, 5.41) is 6.94. The van der Waals surface area contributed by atoms with E-state index in [1.54, 1.807) is 35.2 Å². The molecule has 0 aliphatic carbocycles. The maximum absolute atomic E-state index is 12.8. The molecule has 1 N–H and O–H groups in total. The first-order valence-corrected chi connectivity index (χ1v) is 15.2. The monoisotopic (exact) mass is 622 g/mol. The highest BCUT2D eigenvalue weighted by Crippen LogP contribution is 2.42. The highest BCUT2D eigenvalue weighted by molar-refractivity contribution is 6.06. The third-order valence-corrected chi connectivity index (χ3v) is 8.35. The van der Waals surface area contributed by atoms with E-state index < -0.39 is 24.0 Å². The van der Waals surface area contributed by atoms with Gasteiger partial charge in [-0.1, -0.05) is 114 Å². The zero-order chi connectivity index (χ0) is 32.1. The van der Waals surface area contributed by atoms with Crippen LogP contribution in [0.1, 0.15) is 39.7 Å². The highest BCUT2D eigenvalue weighted by Gasteiger charge is 2.42. The van der Waals surface area contributed by atoms with E-state index in [1.807, 2.05) is 60.7 Å². The van der Waals surface area contributed by atoms with Crippen molar-refractivity contribution in [1.29, 1.82) is 0 Å². The average Bonchev–Trinajstić information content (AvgIpc) is 3.75. The van der Waals surface area contributed by atoms with Gasteiger partial charge >= 0.3 is 0 Å². The molecular formula is C36H30N8O3. The van der Waals surface area contributed by atoms with Crippen molar-refractivity contribution >= 4 is 22.9 Å². The van der Waals surface area contributed by atoms with E-state index >= 15 is 0 Å². The number of imidazole rings is 1. The molecule has 47 heavy (non-hydrogen) atoms. The number of carbonyl (C=O) groups is 1. The van der Waals surface area contributed by atoms with Gasteiger partial charge in [-0.3, -0.25) is 9.36 Å². The van der Waals surface area contributed by atoms with Crippen LogP contribution in [0, 0.1) is 0 Å². The Hall–Kier alpha value is -5.87. The summed E-state index contributed by atoms with van der Waals surface area (Å²) in [6, 6.07) is 38.5. The minimum Gasteiger partial charge on any atom is -0.358 e. The van der Waals surface area contributed by atoms with Crippen LogP contribution in [0.25, 0.3) is 21.6 Å². The normalized spacial score (nSPS) is 17.7. The predicted molar refractivity (Wildman–Crippen MR) is 176 cm³/mol. The van der Waals surface area contributed by atoms with Gasteiger partial charge in [-0.15, -0.1) is 0 Å². The SMILES string of the molecule is [N-]=[N+]=N[C@@H]1C[C@H](n2cnc3c(NC(=O)c4ccccc4)ncnc32)O[C@@H]1COC(c1ccccc1)(c1ccccc1)c1ccccc1. The van der Waals surface area contributed by atoms with Gasteiger partial charge in [0.05, 0.1) is 25.1 Å². The molecule has 3 heterocycles. The zero-order valence-corrected chi connectivity index (χ0v) is 25.2. The lowest BCUT2D eigenvalue weighted by molar-refractivity contribution is -0.0779. The summed E-state index contributed by atoms with van der Waals surface area (Å²) >= 11 is 0. The van der Waals surface area contributed by atoms with Crippen molar-refractivity contribution in [1.82, 2.24) is 19.5 Å². The standard InChI is InChI=1S/C36H30N8O3/c37-43-42-29-21-31(44-24-40-32-33(38-23-39-34(32)44)41-35(45)25-13-5-1-6-14-25)47-30(29)22-46-36(26-15-7-2-8-16-26,27-17-9-3-10-18-27)28-19-11-4-12-20-28/h1-20,23-24,29-31H,21-22H2,(H,38,39,41,45)/t29-,30-,31-/m1/s1. The molecule has 7 rings (SSSR count). The molecule has 11 heteroatoms. The molecule has 0 unspecified atom stereocenters. The molecular weight excluding hydrogens is 592 g/mol. The van der Waals surface area contributed by atoms with Gasteiger partial charge in [-0.2, -0.15) is 0 Å². The van der Waals surface area contributed by atoms with Crippen LogP contribution in [-0.2, 0) is 15.1 Å². The number of carbonyl (C=O) groups excluding carboxylic acids is 1. The number of rotatable bonds is 10. The first-order valence-electron chi connectivity index (χ1n) is 15.2. The Morgan fingerprint density at radius 3 is 2.02 bits per heavy atom. The van der Waals surface area contributed by atoms with E-state index in [0.717, 1.165) is 16.7 Å². The predicted octanol–water partition coefficient (Wildman–Crippen LogP) is 7.05. The van der Waals surface area contributed by atoms with Crippen molar-refractivity contribution in [3.05, 3.63) is 167 Å². The van der Waals surface area contributed by atoms with Gasteiger partial charge in [0.15, 0.2) is 17.0 Å². The topological polar surface area (TPSA) is 140 Å². The van der Waals surface area contributed by atoms with Crippen molar-refractivity contribution in [2.45, 2.75) is 30.4 Å². The Bertz CT molecular complexity index is 1920. The lowest BCUT2D eigenvalue weighted by atomic mass is 9.80. The van der Waals surface area contributed by atoms with Gasteiger partial charge < -0.3 is 14.8 Å². The molecule has 1 saturated heterocycles. The zero-order valence-electron chi connectivity index (χ0n) is 25.2. The number of azide groups is 1. The minimum absolute atomic E-state index is 0.124. The molecule has 6 aromatic rings. The smallest absolute Gasteiger partial charge is 0.256 e. The van der Waals surface area contributed by atoms with Crippen LogP contribution < -0.4 is 5.32 Å². The van der Waals surface area contributed by atoms with Crippen molar-refractivity contribution in [3.8, 4) is 0 Å². The Morgan fingerprint density at radius 2 is 1.45 bits per heavy atom. The van der Waals surface area contributed by atoms with E-state index in [4.69, 9.17) is 9.47 Å². The molecule has 4 aromatic carbocycles. The summed E-state index contributed by atoms with van der Waals surface area (Å²) in [5.74, 6) is -0.0259. The summed E-state index contributed by atoms with van der Waals surface area (Å²) in [4.78, 5) is 29.2. The third-order valence-electron chi connectivity index (χ3n) is 8.35. The fourth-order valence-electron chi connectivity index (χ4n) is 6.12. The van der Waals surface area contributed by atoms with Gasteiger partial charge in [-0.25, -0.2) is 15.0 Å². The number of ether oxygens (including phenoxy) is 2. The summed E-state index contributed by atoms with van der Waals surface area (Å²) in [6.45, 7) is 0.124. The fraction of sp³-hybridized carbons (Fsp3) is 0.167. The number of fused-ring (bicyclic) bond motifs is 1. The van der Waals surface area contributed by atoms with Crippen molar-refractivity contribution in [3.63, 3.8) is 0 Å². The molecule has 1 aliphatic rings. The summed E-state index contributed by atoms with van der Waals surface area (Å²) < 4.78 is 15.3. The summed E-state index contributed by atoms with van der Waals surface area (Å²) in [7, 11) is 0. The molecule has 11 nitrogen and oxygen atoms in total. The van der Waals surface area contributed by atoms with Gasteiger partial charge in [0.1, 0.15) is 18.2 Å². The number of anilines is 1. The molecule has 0 spiro atoms. The Balaban J connectivity index is 1.19. The van der Waals surface area contributed by atoms with Crippen LogP contribution >= 0.6 is 0 Å². The fourth-order valence-corrected chi connectivity index (χ4v) is 6.12. The number of aromatic nitrogens is 4. The van der Waals surface area contributed by atoms with Crippen molar-refractivity contribution in [2.75, 3.05) is 11.9 Å². The molecule has 232 valence electrons. The van der Waals surface area contributed by atoms with Crippen LogP contribution in [0.4, 0.5) is 5.82 Å². The molecule has 1 fully saturated rings. The van der Waals surface area contributed by atoms with Gasteiger partial charge in [0.2, 0.25) is 0 Å². The molecule has 0 saturated carbocycles. The largest absolute Gasteiger partial charge is 0.358 e. The van der Waals surface area contributed by atoms with Crippen LogP contribution in [-0.4, -0.2) is 44.2 Å². The van der Waals surface area contributed by atoms with E-state index in [2.05, 4.69) is 66.7 Å². The maximum atomic E-state index is 12.8. The second-order valence-electron chi connectivity index (χ2n) is 11.1. The second-order valence-corrected chi connectivity index (χ2v) is 11.1. The van der Waals surface area contributed by atoms with Gasteiger partial charge in [-0.05, 0) is 34.4 Å². The number of nitrogens with one attached hydrogen (secondary N) is 1. The van der Waals surface area contributed by atoms with E-state index in [-0.39, 0.29) is 18.3 Å². The number of amides is 1. The number of benzene rings is 4. The van der Waals surface area contributed by atoms with E-state index in [0.29, 0.717) is 23.1 Å². The quantitative estimate of drug-likeness (QED) is 0.0751. The summed E-state index contributed by atoms with van der Waals surface area (Å²) in [5.41, 5.74) is 12.8. The van der Waals surface area contributed by atoms with Gasteiger partial charge in [0.25, 0.3) is 5.91 Å². The Morgan fingerprint density at radius 1 is 0.872 bits per heavy atom. The van der Waals surface area contributed by atoms with Crippen molar-refractivity contribution < 1.29 is 14.3 Å². The lowest BCUT2D eigenvalue weighted by Gasteiger charge is -2.37. The van der Waals surface area contributed by atoms with Crippen LogP contribution in [0.5, 0.6) is 0 Å². The first kappa shape index (κ1) is 29.8. The number of nitrogens with zero attached hydrogens (tertiary/aromatic N) is 7. The van der Waals surface area contributed by atoms with Crippen LogP contribution in [0.15, 0.2) is 139 Å². The number of hydrogen-bond donors (Lipinski definition) is 1. The van der Waals surface area contributed by atoms with E-state index in [9.17, 15) is 10.3 Å². The third kappa shape index (κ3) is 5.82. The number of hydrogen-bond acceptors (Lipinski definition) is 7. The molecule has 3 atom stereocenters. The molecule has 0 radical (unpaired) electrons. The molecule has 0 bridgehead atoms. The van der Waals surface area contributed by atoms with Crippen molar-refractivity contribution in [2.24, 2.45) is 5.11 Å². The summed E-state index contributed by atoms with van der Waals surface area (Å²) in [6.07, 6.45) is 2.20. The van der Waals surface area contributed by atoms with Gasteiger partial charge in [0, 0.05) is 16.9 Å². The first-order chi connectivity index (χ1) is 23.2. The van der Waals surface area contributed by atoms with Crippen LogP contribution in [0.3, 0.4) is 0 Å². The molecule has 1 aliphatic heterocycles. The highest BCUT2D eigenvalue weighted by atomic mass is 16.6. The average molecular weight is 623 g/mol. The maximum Gasteiger partial charge on any atom is 0.256 e. The Labute approximate surface area is 270 Å².